The second-order valence-electron chi connectivity index (χ2n) is 3.42. The number of hydrogen-bond acceptors (Lipinski definition) is 2. The predicted octanol–water partition coefficient (Wildman–Crippen LogP) is 2.66. The first kappa shape index (κ1) is 11.6. The molecule has 0 aromatic heterocycles. The molecule has 3 heteroatoms. The summed E-state index contributed by atoms with van der Waals surface area (Å²) < 4.78 is 5.16. The second kappa shape index (κ2) is 5.39. The highest BCUT2D eigenvalue weighted by Crippen LogP contribution is 2.29. The van der Waals surface area contributed by atoms with E-state index in [1.165, 1.54) is 0 Å². The number of carboxylic acid groups (broad SMARTS) is 1. The van der Waals surface area contributed by atoms with Gasteiger partial charge in [-0.1, -0.05) is 31.5 Å². The molecule has 1 aromatic carbocycles. The summed E-state index contributed by atoms with van der Waals surface area (Å²) in [6.07, 6.45) is 1.48. The van der Waals surface area contributed by atoms with Crippen LogP contribution in [0.15, 0.2) is 24.3 Å². The number of methoxy groups -OCH3 is 1. The lowest BCUT2D eigenvalue weighted by atomic mass is 9.94. The largest absolute Gasteiger partial charge is 0.496 e. The summed E-state index contributed by atoms with van der Waals surface area (Å²) in [5.41, 5.74) is 0.759. The molecule has 0 saturated carbocycles. The molecule has 82 valence electrons. The number of aliphatic carboxylic acids is 1. The third-order valence-electron chi connectivity index (χ3n) is 2.39. The fourth-order valence-electron chi connectivity index (χ4n) is 1.65. The van der Waals surface area contributed by atoms with E-state index in [-0.39, 0.29) is 0 Å². The van der Waals surface area contributed by atoms with E-state index in [9.17, 15) is 4.79 Å². The van der Waals surface area contributed by atoms with E-state index in [1.807, 2.05) is 25.1 Å². The molecule has 1 aromatic rings. The summed E-state index contributed by atoms with van der Waals surface area (Å²) in [5.74, 6) is -0.606. The number of ether oxygens (including phenoxy) is 1. The molecular formula is C12H16O3. The molecule has 0 aliphatic carbocycles. The van der Waals surface area contributed by atoms with Crippen LogP contribution in [0.2, 0.25) is 0 Å². The number of hydrogen-bond donors (Lipinski definition) is 1. The first-order valence-corrected chi connectivity index (χ1v) is 5.06. The average molecular weight is 208 g/mol. The Morgan fingerprint density at radius 1 is 1.47 bits per heavy atom. The number of carboxylic acids is 1. The van der Waals surface area contributed by atoms with Crippen molar-refractivity contribution >= 4 is 5.97 Å². The van der Waals surface area contributed by atoms with E-state index >= 15 is 0 Å². The lowest BCUT2D eigenvalue weighted by molar-refractivity contribution is -0.139. The maximum Gasteiger partial charge on any atom is 0.311 e. The number of para-hydroxylation sites is 1. The number of benzene rings is 1. The third-order valence-corrected chi connectivity index (χ3v) is 2.39. The molecule has 0 aliphatic heterocycles. The molecular weight excluding hydrogens is 192 g/mol. The van der Waals surface area contributed by atoms with Crippen LogP contribution in [-0.4, -0.2) is 18.2 Å². The lowest BCUT2D eigenvalue weighted by Gasteiger charge is -2.14. The van der Waals surface area contributed by atoms with Crippen molar-refractivity contribution in [2.45, 2.75) is 25.7 Å². The zero-order valence-electron chi connectivity index (χ0n) is 9.06. The van der Waals surface area contributed by atoms with Gasteiger partial charge in [0, 0.05) is 5.56 Å². The Morgan fingerprint density at radius 3 is 2.67 bits per heavy atom. The van der Waals surface area contributed by atoms with Crippen LogP contribution in [0.25, 0.3) is 0 Å². The molecule has 0 unspecified atom stereocenters. The van der Waals surface area contributed by atoms with Gasteiger partial charge in [0.25, 0.3) is 0 Å². The van der Waals surface area contributed by atoms with Crippen LogP contribution in [0, 0.1) is 0 Å². The van der Waals surface area contributed by atoms with E-state index in [2.05, 4.69) is 0 Å². The maximum absolute atomic E-state index is 11.1. The maximum atomic E-state index is 11.1. The van der Waals surface area contributed by atoms with Crippen LogP contribution in [0.3, 0.4) is 0 Å². The summed E-state index contributed by atoms with van der Waals surface area (Å²) in [6.45, 7) is 1.98. The Hall–Kier alpha value is -1.51. The summed E-state index contributed by atoms with van der Waals surface area (Å²) in [4.78, 5) is 11.1. The summed E-state index contributed by atoms with van der Waals surface area (Å²) in [6, 6.07) is 7.28. The second-order valence-corrected chi connectivity index (χ2v) is 3.42. The first-order valence-electron chi connectivity index (χ1n) is 5.06. The molecule has 0 radical (unpaired) electrons. The fourth-order valence-corrected chi connectivity index (χ4v) is 1.65. The van der Waals surface area contributed by atoms with Crippen molar-refractivity contribution in [2.75, 3.05) is 7.11 Å². The van der Waals surface area contributed by atoms with Gasteiger partial charge in [0.05, 0.1) is 13.0 Å². The highest BCUT2D eigenvalue weighted by Gasteiger charge is 2.21. The average Bonchev–Trinajstić information content (AvgIpc) is 2.25. The molecule has 1 N–H and O–H groups in total. The van der Waals surface area contributed by atoms with Crippen molar-refractivity contribution in [1.29, 1.82) is 0 Å². The van der Waals surface area contributed by atoms with E-state index < -0.39 is 11.9 Å². The molecule has 0 amide bonds. The molecule has 0 bridgehead atoms. The van der Waals surface area contributed by atoms with Crippen LogP contribution in [0.1, 0.15) is 31.2 Å². The quantitative estimate of drug-likeness (QED) is 0.809. The topological polar surface area (TPSA) is 46.5 Å². The molecule has 1 rings (SSSR count). The predicted molar refractivity (Wildman–Crippen MR) is 58.3 cm³/mol. The molecule has 15 heavy (non-hydrogen) atoms. The lowest BCUT2D eigenvalue weighted by Crippen LogP contribution is -2.12. The van der Waals surface area contributed by atoms with Gasteiger partial charge in [-0.15, -0.1) is 0 Å². The minimum Gasteiger partial charge on any atom is -0.496 e. The summed E-state index contributed by atoms with van der Waals surface area (Å²) in [5, 5.41) is 9.12. The Labute approximate surface area is 89.7 Å². The van der Waals surface area contributed by atoms with Gasteiger partial charge in [-0.25, -0.2) is 0 Å². The minimum absolute atomic E-state index is 0.467. The van der Waals surface area contributed by atoms with Crippen molar-refractivity contribution in [3.63, 3.8) is 0 Å². The highest BCUT2D eigenvalue weighted by atomic mass is 16.5. The van der Waals surface area contributed by atoms with E-state index in [1.54, 1.807) is 13.2 Å². The third kappa shape index (κ3) is 2.72. The zero-order valence-corrected chi connectivity index (χ0v) is 9.06. The van der Waals surface area contributed by atoms with E-state index in [0.717, 1.165) is 12.0 Å². The van der Waals surface area contributed by atoms with Crippen LogP contribution in [0.4, 0.5) is 0 Å². The molecule has 0 spiro atoms. The summed E-state index contributed by atoms with van der Waals surface area (Å²) >= 11 is 0. The Morgan fingerprint density at radius 2 is 2.13 bits per heavy atom. The van der Waals surface area contributed by atoms with Crippen molar-refractivity contribution in [1.82, 2.24) is 0 Å². The van der Waals surface area contributed by atoms with Crippen LogP contribution in [0.5, 0.6) is 5.75 Å². The monoisotopic (exact) mass is 208 g/mol. The molecule has 3 nitrogen and oxygen atoms in total. The van der Waals surface area contributed by atoms with Crippen LogP contribution >= 0.6 is 0 Å². The van der Waals surface area contributed by atoms with Crippen molar-refractivity contribution in [3.8, 4) is 5.75 Å². The highest BCUT2D eigenvalue weighted by molar-refractivity contribution is 5.77. The Bertz CT molecular complexity index is 333. The zero-order chi connectivity index (χ0) is 11.3. The van der Waals surface area contributed by atoms with E-state index in [0.29, 0.717) is 12.2 Å². The van der Waals surface area contributed by atoms with Gasteiger partial charge < -0.3 is 9.84 Å². The number of carbonyl (C=O) groups is 1. The van der Waals surface area contributed by atoms with Gasteiger partial charge in [0.2, 0.25) is 0 Å². The van der Waals surface area contributed by atoms with Crippen LogP contribution in [-0.2, 0) is 4.79 Å². The Kier molecular flexibility index (Phi) is 4.16. The molecule has 0 heterocycles. The standard InChI is InChI=1S/C12H16O3/c1-3-6-10(12(13)14)9-7-4-5-8-11(9)15-2/h4-5,7-8,10H,3,6H2,1-2H3,(H,13,14)/t10-/m0/s1. The van der Waals surface area contributed by atoms with Gasteiger partial charge in [-0.2, -0.15) is 0 Å². The number of rotatable bonds is 5. The van der Waals surface area contributed by atoms with E-state index in [4.69, 9.17) is 9.84 Å². The molecule has 0 saturated heterocycles. The normalized spacial score (nSPS) is 12.1. The smallest absolute Gasteiger partial charge is 0.311 e. The van der Waals surface area contributed by atoms with Gasteiger partial charge in [0.1, 0.15) is 5.75 Å². The van der Waals surface area contributed by atoms with Gasteiger partial charge in [0.15, 0.2) is 0 Å². The molecule has 1 atom stereocenters. The SMILES string of the molecule is CCC[C@H](C(=O)O)c1ccccc1OC. The minimum atomic E-state index is -0.790. The van der Waals surface area contributed by atoms with Gasteiger partial charge in [-0.3, -0.25) is 4.79 Å². The first-order chi connectivity index (χ1) is 7.20. The van der Waals surface area contributed by atoms with Gasteiger partial charge >= 0.3 is 5.97 Å². The van der Waals surface area contributed by atoms with Crippen molar-refractivity contribution in [3.05, 3.63) is 29.8 Å². The molecule has 0 aliphatic rings. The Balaban J connectivity index is 3.04. The van der Waals surface area contributed by atoms with Gasteiger partial charge in [-0.05, 0) is 12.5 Å². The van der Waals surface area contributed by atoms with Crippen molar-refractivity contribution in [2.24, 2.45) is 0 Å². The molecule has 0 fully saturated rings. The summed E-state index contributed by atoms with van der Waals surface area (Å²) in [7, 11) is 1.56. The fraction of sp³-hybridized carbons (Fsp3) is 0.417. The van der Waals surface area contributed by atoms with Crippen LogP contribution < -0.4 is 4.74 Å². The van der Waals surface area contributed by atoms with Crippen molar-refractivity contribution < 1.29 is 14.6 Å².